The number of aromatic nitrogens is 3. The number of fused-ring (bicyclic) bond motifs is 1. The molecule has 4 rings (SSSR count). The molecule has 0 aliphatic rings. The first-order chi connectivity index (χ1) is 14.8. The summed E-state index contributed by atoms with van der Waals surface area (Å²) in [7, 11) is 5.73. The van der Waals surface area contributed by atoms with E-state index in [1.165, 1.54) is 0 Å². The lowest BCUT2D eigenvalue weighted by atomic mass is 10.2. The van der Waals surface area contributed by atoms with Crippen molar-refractivity contribution in [3.8, 4) is 0 Å². The molecule has 2 aromatic carbocycles. The molecular weight excluding hydrogens is 435 g/mol. The van der Waals surface area contributed by atoms with E-state index in [1.54, 1.807) is 36.5 Å². The summed E-state index contributed by atoms with van der Waals surface area (Å²) < 4.78 is 1.87. The van der Waals surface area contributed by atoms with Gasteiger partial charge in [-0.3, -0.25) is 4.79 Å². The van der Waals surface area contributed by atoms with Gasteiger partial charge in [-0.05, 0) is 36.4 Å². The number of anilines is 4. The minimum absolute atomic E-state index is 0.264. The number of benzene rings is 2. The molecule has 0 bridgehead atoms. The van der Waals surface area contributed by atoms with E-state index in [-0.39, 0.29) is 5.91 Å². The Morgan fingerprint density at radius 3 is 2.52 bits per heavy atom. The van der Waals surface area contributed by atoms with Gasteiger partial charge in [0, 0.05) is 44.7 Å². The van der Waals surface area contributed by atoms with Crippen LogP contribution < -0.4 is 15.5 Å². The van der Waals surface area contributed by atoms with Crippen molar-refractivity contribution in [2.75, 3.05) is 29.6 Å². The zero-order valence-electron chi connectivity index (χ0n) is 17.1. The summed E-state index contributed by atoms with van der Waals surface area (Å²) in [6, 6.07) is 14.3. The maximum atomic E-state index is 12.8. The fourth-order valence-electron chi connectivity index (χ4n) is 3.14. The van der Waals surface area contributed by atoms with E-state index in [0.717, 1.165) is 11.2 Å². The van der Waals surface area contributed by atoms with Gasteiger partial charge >= 0.3 is 0 Å². The van der Waals surface area contributed by atoms with Crippen LogP contribution in [0.1, 0.15) is 10.4 Å². The molecule has 0 radical (unpaired) electrons. The molecule has 0 atom stereocenters. The van der Waals surface area contributed by atoms with Gasteiger partial charge in [-0.1, -0.05) is 29.3 Å². The van der Waals surface area contributed by atoms with Gasteiger partial charge in [-0.2, -0.15) is 0 Å². The van der Waals surface area contributed by atoms with E-state index in [2.05, 4.69) is 20.6 Å². The molecule has 2 N–H and O–H groups in total. The zero-order chi connectivity index (χ0) is 22.1. The summed E-state index contributed by atoms with van der Waals surface area (Å²) in [5.41, 5.74) is 3.52. The van der Waals surface area contributed by atoms with Gasteiger partial charge in [0.1, 0.15) is 5.82 Å². The minimum Gasteiger partial charge on any atom is -0.378 e. The van der Waals surface area contributed by atoms with Crippen LogP contribution in [0.25, 0.3) is 11.0 Å². The lowest BCUT2D eigenvalue weighted by molar-refractivity contribution is 0.102. The molecule has 4 aromatic rings. The van der Waals surface area contributed by atoms with Crippen molar-refractivity contribution in [2.24, 2.45) is 7.05 Å². The highest BCUT2D eigenvalue weighted by molar-refractivity contribution is 6.39. The maximum absolute atomic E-state index is 12.8. The molecule has 2 heterocycles. The van der Waals surface area contributed by atoms with Crippen LogP contribution in [0.2, 0.25) is 10.0 Å². The standard InChI is InChI=1S/C22H20Cl2N6O/c1-29(2)14-9-10-25-19(12-14)27-21(31)13-7-8-18-17(11-13)26-22(30(18)3)28-20-15(23)5-4-6-16(20)24/h4-12H,1-3H3,(H,26,28)(H,25,27,31). The fraction of sp³-hybridized carbons (Fsp3) is 0.136. The van der Waals surface area contributed by atoms with Crippen LogP contribution in [0.5, 0.6) is 0 Å². The molecule has 2 aromatic heterocycles. The van der Waals surface area contributed by atoms with Crippen LogP contribution in [0, 0.1) is 0 Å². The van der Waals surface area contributed by atoms with E-state index in [9.17, 15) is 4.79 Å². The zero-order valence-corrected chi connectivity index (χ0v) is 18.7. The van der Waals surface area contributed by atoms with Gasteiger partial charge < -0.3 is 20.1 Å². The number of amides is 1. The third-order valence-electron chi connectivity index (χ3n) is 4.84. The van der Waals surface area contributed by atoms with Crippen LogP contribution >= 0.6 is 23.2 Å². The van der Waals surface area contributed by atoms with Gasteiger partial charge in [-0.25, -0.2) is 9.97 Å². The quantitative estimate of drug-likeness (QED) is 0.425. The van der Waals surface area contributed by atoms with Gasteiger partial charge in [-0.15, -0.1) is 0 Å². The maximum Gasteiger partial charge on any atom is 0.256 e. The summed E-state index contributed by atoms with van der Waals surface area (Å²) in [4.78, 5) is 23.5. The van der Waals surface area contributed by atoms with Gasteiger partial charge in [0.15, 0.2) is 0 Å². The van der Waals surface area contributed by atoms with Crippen molar-refractivity contribution in [2.45, 2.75) is 0 Å². The molecule has 0 aliphatic carbocycles. The van der Waals surface area contributed by atoms with Gasteiger partial charge in [0.2, 0.25) is 5.95 Å². The summed E-state index contributed by atoms with van der Waals surface area (Å²) in [6.45, 7) is 0. The molecule has 31 heavy (non-hydrogen) atoms. The average Bonchev–Trinajstić information content (AvgIpc) is 3.05. The monoisotopic (exact) mass is 454 g/mol. The molecule has 0 saturated carbocycles. The number of para-hydroxylation sites is 1. The number of carbonyl (C=O) groups excluding carboxylic acids is 1. The first kappa shape index (κ1) is 21.0. The molecule has 9 heteroatoms. The highest BCUT2D eigenvalue weighted by atomic mass is 35.5. The second-order valence-corrected chi connectivity index (χ2v) is 7.98. The van der Waals surface area contributed by atoms with Crippen LogP contribution in [0.4, 0.5) is 23.1 Å². The van der Waals surface area contributed by atoms with E-state index >= 15 is 0 Å². The number of nitrogens with zero attached hydrogens (tertiary/aromatic N) is 4. The molecule has 0 aliphatic heterocycles. The molecule has 7 nitrogen and oxygen atoms in total. The average molecular weight is 455 g/mol. The lowest BCUT2D eigenvalue weighted by Crippen LogP contribution is -2.14. The van der Waals surface area contributed by atoms with Gasteiger partial charge in [0.05, 0.1) is 26.8 Å². The number of imidazole rings is 1. The lowest BCUT2D eigenvalue weighted by Gasteiger charge is -2.13. The predicted molar refractivity (Wildman–Crippen MR) is 127 cm³/mol. The van der Waals surface area contributed by atoms with Crippen molar-refractivity contribution in [3.63, 3.8) is 0 Å². The van der Waals surface area contributed by atoms with Crippen LogP contribution in [-0.4, -0.2) is 34.5 Å². The third-order valence-corrected chi connectivity index (χ3v) is 5.47. The fourth-order valence-corrected chi connectivity index (χ4v) is 3.63. The summed E-state index contributed by atoms with van der Waals surface area (Å²) in [6.07, 6.45) is 1.66. The van der Waals surface area contributed by atoms with E-state index < -0.39 is 0 Å². The Kier molecular flexibility index (Phi) is 5.71. The Morgan fingerprint density at radius 2 is 1.81 bits per heavy atom. The Labute approximate surface area is 189 Å². The molecule has 1 amide bonds. The molecule has 0 saturated heterocycles. The van der Waals surface area contributed by atoms with Crippen molar-refractivity contribution >= 4 is 63.3 Å². The number of halogens is 2. The Bertz CT molecular complexity index is 1260. The van der Waals surface area contributed by atoms with E-state index in [1.807, 2.05) is 48.8 Å². The second-order valence-electron chi connectivity index (χ2n) is 7.17. The van der Waals surface area contributed by atoms with Crippen molar-refractivity contribution in [3.05, 3.63) is 70.3 Å². The number of nitrogens with one attached hydrogen (secondary N) is 2. The van der Waals surface area contributed by atoms with Crippen LogP contribution in [0.15, 0.2) is 54.7 Å². The molecule has 0 spiro atoms. The molecule has 0 unspecified atom stereocenters. The number of aryl methyl sites for hydroxylation is 1. The number of hydrogen-bond acceptors (Lipinski definition) is 5. The Hall–Kier alpha value is -3.29. The smallest absolute Gasteiger partial charge is 0.256 e. The predicted octanol–water partition coefficient (Wildman–Crippen LogP) is 5.34. The SMILES string of the molecule is CN(C)c1ccnc(NC(=O)c2ccc3c(c2)nc(Nc2c(Cl)cccc2Cl)n3C)c1. The highest BCUT2D eigenvalue weighted by Gasteiger charge is 2.15. The summed E-state index contributed by atoms with van der Waals surface area (Å²) in [5.74, 6) is 0.774. The van der Waals surface area contributed by atoms with Crippen LogP contribution in [0.3, 0.4) is 0 Å². The minimum atomic E-state index is -0.264. The normalized spacial score (nSPS) is 10.9. The van der Waals surface area contributed by atoms with Crippen LogP contribution in [-0.2, 0) is 7.05 Å². The Morgan fingerprint density at radius 1 is 1.06 bits per heavy atom. The van der Waals surface area contributed by atoms with Crippen molar-refractivity contribution in [1.29, 1.82) is 0 Å². The Balaban J connectivity index is 1.61. The number of hydrogen-bond donors (Lipinski definition) is 2. The first-order valence-electron chi connectivity index (χ1n) is 9.45. The molecule has 0 fully saturated rings. The topological polar surface area (TPSA) is 75.1 Å². The largest absolute Gasteiger partial charge is 0.378 e. The van der Waals surface area contributed by atoms with Crippen molar-refractivity contribution < 1.29 is 4.79 Å². The van der Waals surface area contributed by atoms with E-state index in [4.69, 9.17) is 23.2 Å². The number of pyridine rings is 1. The number of carbonyl (C=O) groups is 1. The molecular formula is C22H20Cl2N6O. The highest BCUT2D eigenvalue weighted by Crippen LogP contribution is 2.33. The summed E-state index contributed by atoms with van der Waals surface area (Å²) >= 11 is 12.5. The first-order valence-corrected chi connectivity index (χ1v) is 10.2. The summed E-state index contributed by atoms with van der Waals surface area (Å²) in [5, 5.41) is 6.99. The number of rotatable bonds is 5. The van der Waals surface area contributed by atoms with Gasteiger partial charge in [0.25, 0.3) is 5.91 Å². The van der Waals surface area contributed by atoms with E-state index in [0.29, 0.717) is 38.6 Å². The second kappa shape index (κ2) is 8.45. The van der Waals surface area contributed by atoms with Crippen molar-refractivity contribution in [1.82, 2.24) is 14.5 Å². The molecule has 158 valence electrons. The third kappa shape index (κ3) is 4.28.